The molecule has 0 bridgehead atoms. The minimum absolute atomic E-state index is 0.153. The van der Waals surface area contributed by atoms with E-state index in [2.05, 4.69) is 10.3 Å². The number of halogens is 3. The second-order valence-electron chi connectivity index (χ2n) is 4.07. The highest BCUT2D eigenvalue weighted by molar-refractivity contribution is 5.69. The summed E-state index contributed by atoms with van der Waals surface area (Å²) in [6.07, 6.45) is -4.43. The van der Waals surface area contributed by atoms with Crippen LogP contribution in [0.1, 0.15) is 5.56 Å². The van der Waals surface area contributed by atoms with E-state index in [1.807, 2.05) is 0 Å². The number of nitrogens with zero attached hydrogens (tertiary/aromatic N) is 1. The molecule has 20 heavy (non-hydrogen) atoms. The summed E-state index contributed by atoms with van der Waals surface area (Å²) < 4.78 is 43.8. The van der Waals surface area contributed by atoms with E-state index in [9.17, 15) is 13.2 Å². The van der Waals surface area contributed by atoms with Gasteiger partial charge in [-0.3, -0.25) is 0 Å². The number of pyridine rings is 1. The van der Waals surface area contributed by atoms with Crippen LogP contribution in [0.5, 0.6) is 5.75 Å². The molecule has 2 rings (SSSR count). The lowest BCUT2D eigenvalue weighted by Crippen LogP contribution is -2.07. The highest BCUT2D eigenvalue weighted by Gasteiger charge is 2.31. The molecule has 0 unspecified atom stereocenters. The van der Waals surface area contributed by atoms with Crippen LogP contribution in [0.15, 0.2) is 36.4 Å². The number of rotatable bonds is 3. The molecule has 1 aromatic heterocycles. The minimum atomic E-state index is -4.43. The van der Waals surface area contributed by atoms with E-state index in [1.54, 1.807) is 24.3 Å². The van der Waals surface area contributed by atoms with Gasteiger partial charge in [-0.2, -0.15) is 13.2 Å². The summed E-state index contributed by atoms with van der Waals surface area (Å²) in [5.74, 6) is 0.627. The van der Waals surface area contributed by atoms with Crippen LogP contribution >= 0.6 is 0 Å². The zero-order chi connectivity index (χ0) is 14.8. The molecule has 3 nitrogen and oxygen atoms in total. The molecule has 0 radical (unpaired) electrons. The van der Waals surface area contributed by atoms with Crippen molar-refractivity contribution in [2.45, 2.75) is 6.18 Å². The van der Waals surface area contributed by atoms with E-state index in [1.165, 1.54) is 14.2 Å². The van der Waals surface area contributed by atoms with E-state index in [-0.39, 0.29) is 11.5 Å². The van der Waals surface area contributed by atoms with Gasteiger partial charge in [-0.15, -0.1) is 0 Å². The van der Waals surface area contributed by atoms with Crippen molar-refractivity contribution in [2.24, 2.45) is 0 Å². The van der Waals surface area contributed by atoms with Crippen molar-refractivity contribution in [3.05, 3.63) is 42.0 Å². The van der Waals surface area contributed by atoms with Crippen LogP contribution < -0.4 is 10.1 Å². The highest BCUT2D eigenvalue weighted by Crippen LogP contribution is 2.35. The van der Waals surface area contributed by atoms with E-state index < -0.39 is 11.7 Å². The molecule has 1 N–H and O–H groups in total. The number of para-hydroxylation sites is 1. The van der Waals surface area contributed by atoms with Gasteiger partial charge in [0.25, 0.3) is 0 Å². The topological polar surface area (TPSA) is 34.1 Å². The summed E-state index contributed by atoms with van der Waals surface area (Å²) in [6, 6.07) is 8.79. The quantitative estimate of drug-likeness (QED) is 0.929. The fourth-order valence-electron chi connectivity index (χ4n) is 1.82. The van der Waals surface area contributed by atoms with E-state index in [4.69, 9.17) is 4.74 Å². The normalized spacial score (nSPS) is 11.2. The molecular weight excluding hydrogens is 269 g/mol. The Hall–Kier alpha value is -2.24. The van der Waals surface area contributed by atoms with Crippen molar-refractivity contribution in [1.29, 1.82) is 0 Å². The number of hydrogen-bond acceptors (Lipinski definition) is 3. The maximum absolute atomic E-state index is 12.9. The Morgan fingerprint density at radius 2 is 1.85 bits per heavy atom. The van der Waals surface area contributed by atoms with Crippen molar-refractivity contribution in [1.82, 2.24) is 4.98 Å². The van der Waals surface area contributed by atoms with Crippen molar-refractivity contribution >= 4 is 5.82 Å². The molecule has 0 amide bonds. The smallest absolute Gasteiger partial charge is 0.416 e. The molecule has 2 aromatic rings. The molecule has 0 fully saturated rings. The predicted molar refractivity (Wildman–Crippen MR) is 70.8 cm³/mol. The summed E-state index contributed by atoms with van der Waals surface area (Å²) in [4.78, 5) is 4.15. The monoisotopic (exact) mass is 282 g/mol. The predicted octanol–water partition coefficient (Wildman–Crippen LogP) is 3.82. The summed E-state index contributed by atoms with van der Waals surface area (Å²) in [6.45, 7) is 0. The van der Waals surface area contributed by atoms with E-state index >= 15 is 0 Å². The zero-order valence-electron chi connectivity index (χ0n) is 11.0. The van der Waals surface area contributed by atoms with Crippen molar-refractivity contribution in [3.63, 3.8) is 0 Å². The van der Waals surface area contributed by atoms with Crippen molar-refractivity contribution < 1.29 is 17.9 Å². The molecule has 0 saturated heterocycles. The van der Waals surface area contributed by atoms with Crippen LogP contribution in [-0.2, 0) is 6.18 Å². The fourth-order valence-corrected chi connectivity index (χ4v) is 1.82. The zero-order valence-corrected chi connectivity index (χ0v) is 11.0. The summed E-state index contributed by atoms with van der Waals surface area (Å²) in [5, 5.41) is 2.64. The van der Waals surface area contributed by atoms with Crippen molar-refractivity contribution in [3.8, 4) is 17.0 Å². The highest BCUT2D eigenvalue weighted by atomic mass is 19.4. The molecule has 0 aliphatic heterocycles. The van der Waals surface area contributed by atoms with Crippen LogP contribution in [0, 0.1) is 0 Å². The number of hydrogen-bond donors (Lipinski definition) is 1. The maximum Gasteiger partial charge on any atom is 0.416 e. The number of benzene rings is 1. The third-order valence-corrected chi connectivity index (χ3v) is 2.79. The molecule has 0 atom stereocenters. The SMILES string of the molecule is CNc1cc(C(F)(F)F)cc(-c2ccccc2OC)n1. The van der Waals surface area contributed by atoms with Gasteiger partial charge in [-0.25, -0.2) is 4.98 Å². The number of aromatic nitrogens is 1. The Bertz CT molecular complexity index is 612. The molecule has 1 aromatic carbocycles. The Kier molecular flexibility index (Phi) is 3.83. The number of anilines is 1. The maximum atomic E-state index is 12.9. The van der Waals surface area contributed by atoms with Gasteiger partial charge in [-0.1, -0.05) is 12.1 Å². The number of nitrogens with one attached hydrogen (secondary N) is 1. The Morgan fingerprint density at radius 1 is 1.15 bits per heavy atom. The number of ether oxygens (including phenoxy) is 1. The lowest BCUT2D eigenvalue weighted by molar-refractivity contribution is -0.137. The van der Waals surface area contributed by atoms with Gasteiger partial charge >= 0.3 is 6.18 Å². The standard InChI is InChI=1S/C14H13F3N2O/c1-18-13-8-9(14(15,16)17)7-11(19-13)10-5-3-4-6-12(10)20-2/h3-8H,1-2H3,(H,18,19). The summed E-state index contributed by atoms with van der Waals surface area (Å²) in [7, 11) is 2.99. The first-order valence-electron chi connectivity index (χ1n) is 5.86. The van der Waals surface area contributed by atoms with Gasteiger partial charge in [0, 0.05) is 12.6 Å². The Balaban J connectivity index is 2.62. The van der Waals surface area contributed by atoms with Crippen molar-refractivity contribution in [2.75, 3.05) is 19.5 Å². The van der Waals surface area contributed by atoms with Gasteiger partial charge < -0.3 is 10.1 Å². The molecular formula is C14H13F3N2O. The molecule has 106 valence electrons. The second kappa shape index (κ2) is 5.40. The minimum Gasteiger partial charge on any atom is -0.496 e. The average molecular weight is 282 g/mol. The average Bonchev–Trinajstić information content (AvgIpc) is 2.45. The van der Waals surface area contributed by atoms with E-state index in [0.29, 0.717) is 11.3 Å². The van der Waals surface area contributed by atoms with Crippen LogP contribution in [-0.4, -0.2) is 19.1 Å². The van der Waals surface area contributed by atoms with Gasteiger partial charge in [0.2, 0.25) is 0 Å². The summed E-state index contributed by atoms with van der Waals surface area (Å²) in [5.41, 5.74) is -0.0306. The van der Waals surface area contributed by atoms with Gasteiger partial charge in [0.15, 0.2) is 0 Å². The van der Waals surface area contributed by atoms with Crippen LogP contribution in [0.25, 0.3) is 11.3 Å². The van der Waals surface area contributed by atoms with Gasteiger partial charge in [0.1, 0.15) is 11.6 Å². The fraction of sp³-hybridized carbons (Fsp3) is 0.214. The summed E-state index contributed by atoms with van der Waals surface area (Å²) >= 11 is 0. The first kappa shape index (κ1) is 14.2. The largest absolute Gasteiger partial charge is 0.496 e. The van der Waals surface area contributed by atoms with Crippen LogP contribution in [0.2, 0.25) is 0 Å². The first-order valence-corrected chi connectivity index (χ1v) is 5.86. The third kappa shape index (κ3) is 2.84. The molecule has 1 heterocycles. The van der Waals surface area contributed by atoms with Crippen LogP contribution in [0.3, 0.4) is 0 Å². The molecule has 0 aliphatic rings. The Labute approximate surface area is 114 Å². The third-order valence-electron chi connectivity index (χ3n) is 2.79. The Morgan fingerprint density at radius 3 is 2.45 bits per heavy atom. The lowest BCUT2D eigenvalue weighted by Gasteiger charge is -2.13. The molecule has 0 aliphatic carbocycles. The van der Waals surface area contributed by atoms with Crippen LogP contribution in [0.4, 0.5) is 19.0 Å². The molecule has 0 spiro atoms. The van der Waals surface area contributed by atoms with Gasteiger partial charge in [0.05, 0.1) is 18.4 Å². The number of methoxy groups -OCH3 is 1. The van der Waals surface area contributed by atoms with E-state index in [0.717, 1.165) is 12.1 Å². The second-order valence-corrected chi connectivity index (χ2v) is 4.07. The lowest BCUT2D eigenvalue weighted by atomic mass is 10.1. The first-order chi connectivity index (χ1) is 9.45. The van der Waals surface area contributed by atoms with Gasteiger partial charge in [-0.05, 0) is 24.3 Å². The molecule has 6 heteroatoms. The molecule has 0 saturated carbocycles. The number of alkyl halides is 3.